The van der Waals surface area contributed by atoms with Gasteiger partial charge in [0.15, 0.2) is 0 Å². The summed E-state index contributed by atoms with van der Waals surface area (Å²) in [5.41, 5.74) is 0.873. The Hall–Kier alpha value is -1.22. The quantitative estimate of drug-likeness (QED) is 0.434. The first-order valence-corrected chi connectivity index (χ1v) is 9.02. The fraction of sp³-hybridized carbons (Fsp3) is 0.308. The van der Waals surface area contributed by atoms with Gasteiger partial charge in [-0.2, -0.15) is 0 Å². The van der Waals surface area contributed by atoms with Crippen LogP contribution in [0.2, 0.25) is 19.1 Å². The fourth-order valence-corrected chi connectivity index (χ4v) is 3.39. The molecule has 1 rings (SSSR count). The average Bonchev–Trinajstić information content (AvgIpc) is 2.18. The molecule has 0 saturated heterocycles. The van der Waals surface area contributed by atoms with Crippen molar-refractivity contribution >= 4 is 13.1 Å². The van der Waals surface area contributed by atoms with Gasteiger partial charge in [-0.05, 0) is 0 Å². The zero-order chi connectivity index (χ0) is 12.3. The van der Waals surface area contributed by atoms with Gasteiger partial charge in [-0.15, -0.1) is 0 Å². The maximum absolute atomic E-state index is 14.6. The van der Waals surface area contributed by atoms with Crippen molar-refractivity contribution in [3.8, 4) is 0 Å². The second-order valence-electron chi connectivity index (χ2n) is 5.07. The minimum absolute atomic E-state index is 0.186. The molecule has 88 valence electrons. The Labute approximate surface area is 96.6 Å². The van der Waals surface area contributed by atoms with E-state index in [0.717, 1.165) is 5.56 Å². The van der Waals surface area contributed by atoms with Gasteiger partial charge in [-0.1, -0.05) is 0 Å². The molecule has 0 spiro atoms. The number of hydrogen-bond donors (Lipinski definition) is 0. The van der Waals surface area contributed by atoms with Crippen LogP contribution in [-0.4, -0.2) is 13.1 Å². The molecule has 0 radical (unpaired) electrons. The molecule has 0 saturated carbocycles. The van der Waals surface area contributed by atoms with Gasteiger partial charge in [0, 0.05) is 0 Å². The summed E-state index contributed by atoms with van der Waals surface area (Å²) in [5, 5.41) is -0.258. The topological polar surface area (TPSA) is 17.1 Å². The first-order valence-electron chi connectivity index (χ1n) is 5.43. The molecule has 0 fully saturated rings. The SMILES string of the molecule is C=CC[Si-](C)(C)(F)C(=O)Cc1ccccc1. The Morgan fingerprint density at radius 3 is 2.44 bits per heavy atom. The zero-order valence-corrected chi connectivity index (χ0v) is 10.9. The molecule has 3 heteroatoms. The van der Waals surface area contributed by atoms with Gasteiger partial charge in [-0.3, -0.25) is 0 Å². The third kappa shape index (κ3) is 3.13. The Balaban J connectivity index is 2.84. The molecule has 0 bridgehead atoms. The molecule has 0 heterocycles. The van der Waals surface area contributed by atoms with Crippen molar-refractivity contribution in [3.63, 3.8) is 0 Å². The Morgan fingerprint density at radius 1 is 1.38 bits per heavy atom. The van der Waals surface area contributed by atoms with Crippen molar-refractivity contribution in [2.24, 2.45) is 0 Å². The Morgan fingerprint density at radius 2 is 1.94 bits per heavy atom. The van der Waals surface area contributed by atoms with Crippen molar-refractivity contribution in [1.82, 2.24) is 0 Å². The van der Waals surface area contributed by atoms with Gasteiger partial charge in [0.25, 0.3) is 0 Å². The van der Waals surface area contributed by atoms with Gasteiger partial charge in [-0.25, -0.2) is 0 Å². The first-order chi connectivity index (χ1) is 7.33. The van der Waals surface area contributed by atoms with E-state index in [1.54, 1.807) is 0 Å². The van der Waals surface area contributed by atoms with E-state index >= 15 is 0 Å². The second-order valence-corrected chi connectivity index (χ2v) is 11.0. The summed E-state index contributed by atoms with van der Waals surface area (Å²) >= 11 is 0. The van der Waals surface area contributed by atoms with Crippen LogP contribution in [0.25, 0.3) is 0 Å². The molecule has 0 atom stereocenters. The van der Waals surface area contributed by atoms with E-state index < -0.39 is 7.68 Å². The van der Waals surface area contributed by atoms with Crippen LogP contribution in [0.4, 0.5) is 4.11 Å². The van der Waals surface area contributed by atoms with E-state index in [-0.39, 0.29) is 17.9 Å². The molecule has 0 N–H and O–H groups in total. The molecule has 0 aromatic heterocycles. The van der Waals surface area contributed by atoms with E-state index in [2.05, 4.69) is 6.58 Å². The molecular weight excluding hydrogens is 219 g/mol. The number of halogens is 1. The number of benzene rings is 1. The summed E-state index contributed by atoms with van der Waals surface area (Å²) in [6.07, 6.45) is 1.70. The number of hydrogen-bond acceptors (Lipinski definition) is 1. The van der Waals surface area contributed by atoms with E-state index in [9.17, 15) is 8.90 Å². The van der Waals surface area contributed by atoms with Crippen LogP contribution in [0, 0.1) is 0 Å². The van der Waals surface area contributed by atoms with Gasteiger partial charge in [0.2, 0.25) is 0 Å². The summed E-state index contributed by atoms with van der Waals surface area (Å²) < 4.78 is 14.6. The van der Waals surface area contributed by atoms with Crippen LogP contribution >= 0.6 is 0 Å². The summed E-state index contributed by atoms with van der Waals surface area (Å²) in [6, 6.07) is 9.48. The molecule has 16 heavy (non-hydrogen) atoms. The summed E-state index contributed by atoms with van der Waals surface area (Å²) in [4.78, 5) is 12.0. The van der Waals surface area contributed by atoms with Gasteiger partial charge in [0.05, 0.1) is 0 Å². The summed E-state index contributed by atoms with van der Waals surface area (Å²) in [7, 11) is -3.97. The fourth-order valence-electron chi connectivity index (χ4n) is 1.58. The van der Waals surface area contributed by atoms with E-state index in [1.165, 1.54) is 19.2 Å². The van der Waals surface area contributed by atoms with Crippen LogP contribution in [0.3, 0.4) is 0 Å². The van der Waals surface area contributed by atoms with Crippen molar-refractivity contribution in [3.05, 3.63) is 48.6 Å². The standard InChI is InChI=1S/C13H18FOSi/c1-4-10-16(2,3,14)13(15)11-12-8-6-5-7-9-12/h4-9H,1,10-11H2,2-3H3/q-1. The number of carbonyl (C=O) groups is 1. The Kier molecular flexibility index (Phi) is 3.48. The zero-order valence-electron chi connectivity index (χ0n) is 9.87. The molecule has 0 aliphatic heterocycles. The third-order valence-electron chi connectivity index (χ3n) is 2.80. The minimum atomic E-state index is -3.97. The van der Waals surface area contributed by atoms with Crippen LogP contribution in [-0.2, 0) is 11.2 Å². The second kappa shape index (κ2) is 4.34. The molecule has 0 aliphatic rings. The maximum atomic E-state index is 14.6. The number of rotatable bonds is 5. The third-order valence-corrected chi connectivity index (χ3v) is 6.16. The average molecular weight is 237 g/mol. The predicted octanol–water partition coefficient (Wildman–Crippen LogP) is 3.65. The van der Waals surface area contributed by atoms with Crippen LogP contribution in [0.15, 0.2) is 43.0 Å². The molecule has 0 aliphatic carbocycles. The molecular formula is C13H18FOSi-. The van der Waals surface area contributed by atoms with Gasteiger partial charge < -0.3 is 0 Å². The van der Waals surface area contributed by atoms with Crippen molar-refractivity contribution in [2.75, 3.05) is 0 Å². The van der Waals surface area contributed by atoms with Gasteiger partial charge in [0.1, 0.15) is 0 Å². The molecule has 0 unspecified atom stereocenters. The monoisotopic (exact) mass is 237 g/mol. The van der Waals surface area contributed by atoms with E-state index in [1.807, 2.05) is 30.3 Å². The molecule has 1 aromatic rings. The van der Waals surface area contributed by atoms with Crippen LogP contribution < -0.4 is 0 Å². The summed E-state index contributed by atoms with van der Waals surface area (Å²) in [6.45, 7) is 6.48. The van der Waals surface area contributed by atoms with Crippen LogP contribution in [0.1, 0.15) is 5.56 Å². The molecule has 1 nitrogen and oxygen atoms in total. The molecule has 1 aromatic carbocycles. The normalized spacial score (nSPS) is 13.8. The predicted molar refractivity (Wildman–Crippen MR) is 68.7 cm³/mol. The van der Waals surface area contributed by atoms with Crippen molar-refractivity contribution < 1.29 is 8.90 Å². The van der Waals surface area contributed by atoms with Crippen LogP contribution in [0.5, 0.6) is 0 Å². The van der Waals surface area contributed by atoms with Crippen molar-refractivity contribution in [2.45, 2.75) is 25.6 Å². The number of carbonyl (C=O) groups excluding carboxylic acids is 1. The van der Waals surface area contributed by atoms with Crippen molar-refractivity contribution in [1.29, 1.82) is 0 Å². The van der Waals surface area contributed by atoms with E-state index in [4.69, 9.17) is 0 Å². The molecule has 0 amide bonds. The van der Waals surface area contributed by atoms with Gasteiger partial charge >= 0.3 is 96.1 Å². The number of allylic oxidation sites excluding steroid dienone is 1. The van der Waals surface area contributed by atoms with E-state index in [0.29, 0.717) is 0 Å². The first kappa shape index (κ1) is 12.8. The summed E-state index contributed by atoms with van der Waals surface area (Å²) in [5.74, 6) is 0. The Bertz CT molecular complexity index is 389.